The van der Waals surface area contributed by atoms with E-state index in [1.807, 2.05) is 0 Å². The fourth-order valence-corrected chi connectivity index (χ4v) is 10.1. The first-order valence-corrected chi connectivity index (χ1v) is 17.0. The minimum Gasteiger partial charge on any atom is -1.00 e. The molecule has 1 aliphatic carbocycles. The van der Waals surface area contributed by atoms with E-state index in [0.717, 1.165) is 6.42 Å². The van der Waals surface area contributed by atoms with Crippen molar-refractivity contribution in [2.24, 2.45) is 0 Å². The van der Waals surface area contributed by atoms with E-state index >= 15 is 0 Å². The van der Waals surface area contributed by atoms with Crippen LogP contribution in [0.15, 0.2) is 75.3 Å². The van der Waals surface area contributed by atoms with Gasteiger partial charge in [-0.3, -0.25) is 0 Å². The third kappa shape index (κ3) is 6.63. The van der Waals surface area contributed by atoms with Crippen molar-refractivity contribution in [2.45, 2.75) is 73.0 Å². The summed E-state index contributed by atoms with van der Waals surface area (Å²) < 4.78 is 1.52. The molecule has 4 rings (SSSR count). The summed E-state index contributed by atoms with van der Waals surface area (Å²) in [7, 11) is -1.45. The minimum absolute atomic E-state index is 0. The monoisotopic (exact) mass is 616 g/mol. The Bertz CT molecular complexity index is 1190. The van der Waals surface area contributed by atoms with Crippen LogP contribution in [0.1, 0.15) is 56.5 Å². The van der Waals surface area contributed by atoms with Gasteiger partial charge in [-0.2, -0.15) is 0 Å². The molecule has 0 heterocycles. The fraction of sp³-hybridized carbons (Fsp3) is 0.333. The van der Waals surface area contributed by atoms with Crippen molar-refractivity contribution in [3.8, 4) is 0 Å². The molecule has 0 unspecified atom stereocenters. The Balaban J connectivity index is 0.00000241. The van der Waals surface area contributed by atoms with Gasteiger partial charge in [-0.1, -0.05) is 0 Å². The molecule has 1 aliphatic rings. The molecule has 3 aromatic rings. The van der Waals surface area contributed by atoms with Crippen LogP contribution in [-0.4, -0.2) is 8.07 Å². The quantitative estimate of drug-likeness (QED) is 0.277. The first-order valence-electron chi connectivity index (χ1n) is 12.7. The molecular formula is C33H39Cl3SiTi. The van der Waals surface area contributed by atoms with Crippen LogP contribution in [0.3, 0.4) is 0 Å². The predicted octanol–water partition coefficient (Wildman–Crippen LogP) is -0.108. The van der Waals surface area contributed by atoms with Gasteiger partial charge in [-0.15, -0.1) is 0 Å². The summed E-state index contributed by atoms with van der Waals surface area (Å²) in [5, 5.41) is 1.69. The molecular weight excluding hydrogens is 579 g/mol. The van der Waals surface area contributed by atoms with E-state index in [2.05, 4.69) is 142 Å². The van der Waals surface area contributed by atoms with E-state index < -0.39 is 8.07 Å². The van der Waals surface area contributed by atoms with Crippen molar-refractivity contribution >= 4 is 8.07 Å². The summed E-state index contributed by atoms with van der Waals surface area (Å²) in [5.41, 5.74) is 13.2. The van der Waals surface area contributed by atoms with E-state index in [4.69, 9.17) is 0 Å². The molecule has 0 bridgehead atoms. The maximum absolute atomic E-state index is 2.57. The summed E-state index contributed by atoms with van der Waals surface area (Å²) in [5.74, 6) is 0. The molecule has 0 nitrogen and oxygen atoms in total. The molecule has 0 amide bonds. The average molecular weight is 618 g/mol. The summed E-state index contributed by atoms with van der Waals surface area (Å²) in [6.45, 7) is 20.9. The Labute approximate surface area is 262 Å². The van der Waals surface area contributed by atoms with E-state index in [0.29, 0.717) is 0 Å². The Morgan fingerprint density at radius 3 is 1.08 bits per heavy atom. The number of hydrogen-bond donors (Lipinski definition) is 0. The van der Waals surface area contributed by atoms with E-state index in [1.54, 1.807) is 5.20 Å². The molecule has 0 aliphatic heterocycles. The standard InChI is InChI=1S/C33H39Si.3ClH.Ti/c1-22-12-23(2)16-29(15-22)33(30-17-24(3)13-25(4)18-30,31-19-26(5)14-27(6)20-31)28-10-11-32(21-28)34(7,8)9;;;;/h10,12-20H,11H2,1-9H3;3*1H;/q;;;;+3/p-3. The maximum Gasteiger partial charge on any atom is -1.00 e. The SMILES string of the molecule is Cc1cc(C)cc(C(C2=CCC([Si](C)(C)C)=[C]2[Ti+3])(c2cc(C)cc(C)c2)c2cc(C)cc(C)c2)c1.[Cl-].[Cl-].[Cl-]. The van der Waals surface area contributed by atoms with Crippen molar-refractivity contribution in [1.82, 2.24) is 0 Å². The van der Waals surface area contributed by atoms with Gasteiger partial charge in [0.2, 0.25) is 0 Å². The molecule has 0 radical (unpaired) electrons. The predicted molar refractivity (Wildman–Crippen MR) is 151 cm³/mol. The Hall–Kier alpha value is -1.06. The van der Waals surface area contributed by atoms with Gasteiger partial charge >= 0.3 is 227 Å². The van der Waals surface area contributed by atoms with Crippen molar-refractivity contribution in [3.63, 3.8) is 0 Å². The van der Waals surface area contributed by atoms with Crippen LogP contribution < -0.4 is 37.2 Å². The molecule has 0 saturated heterocycles. The first-order chi connectivity index (χ1) is 16.3. The third-order valence-electron chi connectivity index (χ3n) is 7.35. The topological polar surface area (TPSA) is 0 Å². The zero-order valence-corrected chi connectivity index (χ0v) is 28.9. The third-order valence-corrected chi connectivity index (χ3v) is 10.9. The smallest absolute Gasteiger partial charge is 1.00 e. The zero-order chi connectivity index (χ0) is 25.7. The minimum atomic E-state index is -1.45. The van der Waals surface area contributed by atoms with Gasteiger partial charge in [0.15, 0.2) is 0 Å². The summed E-state index contributed by atoms with van der Waals surface area (Å²) >= 11 is 2.40. The van der Waals surface area contributed by atoms with Gasteiger partial charge in [0.25, 0.3) is 0 Å². The molecule has 0 N–H and O–H groups in total. The van der Waals surface area contributed by atoms with Crippen LogP contribution in [0.4, 0.5) is 0 Å². The summed E-state index contributed by atoms with van der Waals surface area (Å²) in [6.07, 6.45) is 3.65. The Kier molecular flexibility index (Phi) is 12.0. The van der Waals surface area contributed by atoms with Crippen molar-refractivity contribution in [1.29, 1.82) is 0 Å². The average Bonchev–Trinajstić information content (AvgIpc) is 3.09. The Morgan fingerprint density at radius 2 is 0.842 bits per heavy atom. The number of benzene rings is 3. The molecule has 0 spiro atoms. The molecule has 0 atom stereocenters. The van der Waals surface area contributed by atoms with Crippen molar-refractivity contribution < 1.29 is 57.7 Å². The van der Waals surface area contributed by atoms with Crippen molar-refractivity contribution in [3.05, 3.63) is 125 Å². The van der Waals surface area contributed by atoms with Gasteiger partial charge in [0.05, 0.1) is 0 Å². The molecule has 5 heteroatoms. The number of hydrogen-bond acceptors (Lipinski definition) is 0. The molecule has 0 aromatic heterocycles. The molecule has 0 saturated carbocycles. The fourth-order valence-electron chi connectivity index (χ4n) is 6.13. The van der Waals surface area contributed by atoms with E-state index in [-0.39, 0.29) is 42.6 Å². The second kappa shape index (κ2) is 13.1. The van der Waals surface area contributed by atoms with Crippen LogP contribution in [0, 0.1) is 41.5 Å². The second-order valence-electron chi connectivity index (χ2n) is 11.8. The van der Waals surface area contributed by atoms with Crippen LogP contribution >= 0.6 is 0 Å². The largest absolute Gasteiger partial charge is 1.00 e. The number of halogens is 3. The Morgan fingerprint density at radius 1 is 0.553 bits per heavy atom. The van der Waals surface area contributed by atoms with Gasteiger partial charge in [0.1, 0.15) is 0 Å². The van der Waals surface area contributed by atoms with E-state index in [9.17, 15) is 0 Å². The number of allylic oxidation sites excluding steroid dienone is 4. The van der Waals surface area contributed by atoms with Crippen LogP contribution in [0.25, 0.3) is 0 Å². The van der Waals surface area contributed by atoms with Gasteiger partial charge in [-0.25, -0.2) is 0 Å². The van der Waals surface area contributed by atoms with Crippen LogP contribution in [-0.2, 0) is 25.9 Å². The number of rotatable bonds is 5. The van der Waals surface area contributed by atoms with Gasteiger partial charge in [0, 0.05) is 0 Å². The number of aryl methyl sites for hydroxylation is 6. The normalized spacial score (nSPS) is 13.4. The van der Waals surface area contributed by atoms with Crippen molar-refractivity contribution in [2.75, 3.05) is 0 Å². The first kappa shape index (κ1) is 35.0. The van der Waals surface area contributed by atoms with Gasteiger partial charge < -0.3 is 37.2 Å². The van der Waals surface area contributed by atoms with Gasteiger partial charge in [-0.05, 0) is 0 Å². The summed E-state index contributed by atoms with van der Waals surface area (Å²) in [6, 6.07) is 21.5. The van der Waals surface area contributed by atoms with Crippen LogP contribution in [0.2, 0.25) is 19.6 Å². The zero-order valence-electron chi connectivity index (χ0n) is 24.1. The summed E-state index contributed by atoms with van der Waals surface area (Å²) in [4.78, 5) is 0. The molecule has 200 valence electrons. The molecule has 3 aromatic carbocycles. The van der Waals surface area contributed by atoms with E-state index in [1.165, 1.54) is 59.5 Å². The second-order valence-corrected chi connectivity index (χ2v) is 17.7. The maximum atomic E-state index is 2.57. The van der Waals surface area contributed by atoms with Crippen LogP contribution in [0.5, 0.6) is 0 Å². The molecule has 38 heavy (non-hydrogen) atoms. The molecule has 0 fully saturated rings.